The molecular formula is C22H26N6O2. The van der Waals surface area contributed by atoms with Gasteiger partial charge in [-0.1, -0.05) is 18.2 Å². The number of nitrogens with one attached hydrogen (secondary N) is 1. The first-order chi connectivity index (χ1) is 14.8. The van der Waals surface area contributed by atoms with Crippen LogP contribution < -0.4 is 15.0 Å². The number of benzene rings is 1. The fourth-order valence-electron chi connectivity index (χ4n) is 4.11. The molecule has 0 radical (unpaired) electrons. The van der Waals surface area contributed by atoms with E-state index in [1.807, 2.05) is 30.5 Å². The van der Waals surface area contributed by atoms with Gasteiger partial charge in [0.1, 0.15) is 6.10 Å². The molecule has 2 N–H and O–H groups in total. The summed E-state index contributed by atoms with van der Waals surface area (Å²) in [7, 11) is 0. The van der Waals surface area contributed by atoms with Gasteiger partial charge in [0.2, 0.25) is 5.95 Å². The van der Waals surface area contributed by atoms with Crippen LogP contribution in [0, 0.1) is 5.92 Å². The van der Waals surface area contributed by atoms with E-state index in [0.29, 0.717) is 17.7 Å². The van der Waals surface area contributed by atoms with E-state index >= 15 is 0 Å². The van der Waals surface area contributed by atoms with Crippen molar-refractivity contribution < 1.29 is 9.84 Å². The number of fused-ring (bicyclic) bond motifs is 1. The molecule has 5 rings (SSSR count). The summed E-state index contributed by atoms with van der Waals surface area (Å²) in [5, 5.41) is 13.8. The summed E-state index contributed by atoms with van der Waals surface area (Å²) in [6.07, 6.45) is 9.02. The topological polar surface area (TPSA) is 96.3 Å². The van der Waals surface area contributed by atoms with Crippen LogP contribution in [0.15, 0.2) is 42.9 Å². The highest BCUT2D eigenvalue weighted by Crippen LogP contribution is 2.32. The third-order valence-electron chi connectivity index (χ3n) is 6.01. The van der Waals surface area contributed by atoms with Gasteiger partial charge in [0.25, 0.3) is 5.88 Å². The van der Waals surface area contributed by atoms with Crippen LogP contribution in [0.5, 0.6) is 5.88 Å². The molecule has 2 fully saturated rings. The Bertz CT molecular complexity index is 1000. The van der Waals surface area contributed by atoms with E-state index in [9.17, 15) is 5.11 Å². The monoisotopic (exact) mass is 406 g/mol. The average Bonchev–Trinajstić information content (AvgIpc) is 2.78. The molecule has 3 heterocycles. The fraction of sp³-hybridized carbons (Fsp3) is 0.455. The molecule has 1 saturated carbocycles. The Labute approximate surface area is 175 Å². The molecule has 30 heavy (non-hydrogen) atoms. The number of hydrogen-bond acceptors (Lipinski definition) is 8. The van der Waals surface area contributed by atoms with Gasteiger partial charge >= 0.3 is 0 Å². The highest BCUT2D eigenvalue weighted by molar-refractivity contribution is 5.78. The summed E-state index contributed by atoms with van der Waals surface area (Å²) < 4.78 is 6.18. The minimum absolute atomic E-state index is 0.105. The lowest BCUT2D eigenvalue weighted by Crippen LogP contribution is -2.43. The largest absolute Gasteiger partial charge is 0.472 e. The first-order valence-corrected chi connectivity index (χ1v) is 10.6. The van der Waals surface area contributed by atoms with Crippen LogP contribution in [-0.4, -0.2) is 56.9 Å². The standard InChI is InChI=1S/C22H26N6O2/c29-14-15-5-9-28(10-6-15)20-21(24-8-7-23-20)30-18-11-17(12-18)26-22-25-13-16-3-1-2-4-19(16)27-22/h1-4,7-8,13,15,17-18,29H,5-6,9-12,14H2,(H,25,26,27)/t17-,18-. The van der Waals surface area contributed by atoms with E-state index < -0.39 is 0 Å². The maximum Gasteiger partial charge on any atom is 0.257 e. The van der Waals surface area contributed by atoms with Crippen LogP contribution in [0.1, 0.15) is 25.7 Å². The maximum absolute atomic E-state index is 9.36. The third kappa shape index (κ3) is 4.00. The lowest BCUT2D eigenvalue weighted by Gasteiger charge is -2.37. The van der Waals surface area contributed by atoms with Crippen LogP contribution >= 0.6 is 0 Å². The van der Waals surface area contributed by atoms with Crippen molar-refractivity contribution in [1.82, 2.24) is 19.9 Å². The Hall–Kier alpha value is -3.00. The van der Waals surface area contributed by atoms with Crippen LogP contribution in [0.3, 0.4) is 0 Å². The number of anilines is 2. The molecule has 8 heteroatoms. The Morgan fingerprint density at radius 3 is 2.70 bits per heavy atom. The van der Waals surface area contributed by atoms with Crippen molar-refractivity contribution in [2.24, 2.45) is 5.92 Å². The molecular weight excluding hydrogens is 380 g/mol. The number of aromatic nitrogens is 4. The van der Waals surface area contributed by atoms with Crippen LogP contribution in [0.2, 0.25) is 0 Å². The van der Waals surface area contributed by atoms with Gasteiger partial charge in [-0.15, -0.1) is 0 Å². The minimum atomic E-state index is 0.105. The second-order valence-corrected chi connectivity index (χ2v) is 8.10. The first kappa shape index (κ1) is 19.0. The third-order valence-corrected chi connectivity index (χ3v) is 6.01. The van der Waals surface area contributed by atoms with Crippen molar-refractivity contribution in [3.05, 3.63) is 42.9 Å². The van der Waals surface area contributed by atoms with E-state index in [1.54, 1.807) is 12.4 Å². The molecule has 3 aromatic rings. The van der Waals surface area contributed by atoms with Gasteiger partial charge in [-0.25, -0.2) is 19.9 Å². The van der Waals surface area contributed by atoms with Crippen LogP contribution in [0.25, 0.3) is 10.9 Å². The molecule has 1 saturated heterocycles. The number of aliphatic hydroxyl groups excluding tert-OH is 1. The SMILES string of the molecule is OCC1CCN(c2nccnc2O[C@H]2C[C@H](Nc3ncc4ccccc4n3)C2)CC1. The zero-order valence-corrected chi connectivity index (χ0v) is 16.8. The van der Waals surface area contributed by atoms with Crippen molar-refractivity contribution in [3.8, 4) is 5.88 Å². The molecule has 2 aliphatic rings. The summed E-state index contributed by atoms with van der Waals surface area (Å²) >= 11 is 0. The maximum atomic E-state index is 9.36. The zero-order valence-electron chi connectivity index (χ0n) is 16.8. The van der Waals surface area contributed by atoms with Crippen LogP contribution in [0.4, 0.5) is 11.8 Å². The molecule has 156 valence electrons. The van der Waals surface area contributed by atoms with Crippen molar-refractivity contribution >= 4 is 22.7 Å². The van der Waals surface area contributed by atoms with Gasteiger partial charge in [-0.05, 0) is 24.8 Å². The summed E-state index contributed by atoms with van der Waals surface area (Å²) in [6.45, 7) is 2.00. The number of hydrogen-bond donors (Lipinski definition) is 2. The Kier molecular flexibility index (Phi) is 5.31. The van der Waals surface area contributed by atoms with Crippen molar-refractivity contribution in [2.75, 3.05) is 29.9 Å². The molecule has 0 atom stereocenters. The van der Waals surface area contributed by atoms with Crippen LogP contribution in [-0.2, 0) is 0 Å². The normalized spacial score (nSPS) is 22.0. The summed E-state index contributed by atoms with van der Waals surface area (Å²) in [5.41, 5.74) is 0.941. The number of ether oxygens (including phenoxy) is 1. The number of rotatable bonds is 6. The molecule has 0 spiro atoms. The van der Waals surface area contributed by atoms with E-state index in [2.05, 4.69) is 30.2 Å². The van der Waals surface area contributed by atoms with Gasteiger partial charge in [-0.2, -0.15) is 0 Å². The van der Waals surface area contributed by atoms with Crippen molar-refractivity contribution in [1.29, 1.82) is 0 Å². The van der Waals surface area contributed by atoms with E-state index in [0.717, 1.165) is 55.5 Å². The lowest BCUT2D eigenvalue weighted by molar-refractivity contribution is 0.102. The molecule has 8 nitrogen and oxygen atoms in total. The number of para-hydroxylation sites is 1. The second kappa shape index (κ2) is 8.39. The number of piperidine rings is 1. The molecule has 0 unspecified atom stereocenters. The minimum Gasteiger partial charge on any atom is -0.472 e. The van der Waals surface area contributed by atoms with E-state index in [4.69, 9.17) is 4.74 Å². The van der Waals surface area contributed by atoms with Gasteiger partial charge in [-0.3, -0.25) is 0 Å². The van der Waals surface area contributed by atoms with Gasteiger partial charge < -0.3 is 20.1 Å². The van der Waals surface area contributed by atoms with Gasteiger partial charge in [0.05, 0.1) is 5.52 Å². The van der Waals surface area contributed by atoms with Gasteiger partial charge in [0.15, 0.2) is 5.82 Å². The first-order valence-electron chi connectivity index (χ1n) is 10.6. The predicted molar refractivity (Wildman–Crippen MR) is 115 cm³/mol. The summed E-state index contributed by atoms with van der Waals surface area (Å²) in [5.74, 6) is 2.45. The summed E-state index contributed by atoms with van der Waals surface area (Å²) in [6, 6.07) is 8.26. The Morgan fingerprint density at radius 2 is 1.87 bits per heavy atom. The smallest absolute Gasteiger partial charge is 0.257 e. The van der Waals surface area contributed by atoms with E-state index in [-0.39, 0.29) is 18.8 Å². The predicted octanol–water partition coefficient (Wildman–Crippen LogP) is 2.65. The zero-order chi connectivity index (χ0) is 20.3. The van der Waals surface area contributed by atoms with Crippen molar-refractivity contribution in [2.45, 2.75) is 37.8 Å². The lowest BCUT2D eigenvalue weighted by atomic mass is 9.89. The average molecular weight is 406 g/mol. The van der Waals surface area contributed by atoms with Crippen molar-refractivity contribution in [3.63, 3.8) is 0 Å². The molecule has 2 aromatic heterocycles. The Balaban J connectivity index is 1.17. The Morgan fingerprint density at radius 1 is 1.07 bits per heavy atom. The number of aliphatic hydroxyl groups is 1. The molecule has 0 amide bonds. The quantitative estimate of drug-likeness (QED) is 0.645. The number of nitrogens with zero attached hydrogens (tertiary/aromatic N) is 5. The van der Waals surface area contributed by atoms with Gasteiger partial charge in [0, 0.05) is 62.6 Å². The summed E-state index contributed by atoms with van der Waals surface area (Å²) in [4.78, 5) is 20.2. The fourth-order valence-corrected chi connectivity index (χ4v) is 4.11. The molecule has 0 bridgehead atoms. The second-order valence-electron chi connectivity index (χ2n) is 8.10. The molecule has 1 aliphatic heterocycles. The molecule has 1 aromatic carbocycles. The molecule has 1 aliphatic carbocycles. The highest BCUT2D eigenvalue weighted by atomic mass is 16.5. The highest BCUT2D eigenvalue weighted by Gasteiger charge is 2.33. The van der Waals surface area contributed by atoms with E-state index in [1.165, 1.54) is 0 Å².